The monoisotopic (exact) mass is 248 g/mol. The molecule has 1 aromatic heterocycles. The maximum Gasteiger partial charge on any atom is 0.272 e. The standard InChI is InChI=1S/C13H13ClN2O/c1-2-9-5-3-4-6-11(9)16-13(17)12-7-10(14)8-15-12/h3-8,15H,2H2,1H3,(H,16,17). The zero-order valence-corrected chi connectivity index (χ0v) is 10.2. The van der Waals surface area contributed by atoms with Gasteiger partial charge in [0.25, 0.3) is 5.91 Å². The molecule has 0 aliphatic carbocycles. The molecule has 0 aliphatic heterocycles. The van der Waals surface area contributed by atoms with Crippen LogP contribution >= 0.6 is 11.6 Å². The van der Waals surface area contributed by atoms with E-state index in [-0.39, 0.29) is 5.91 Å². The van der Waals surface area contributed by atoms with E-state index < -0.39 is 0 Å². The number of para-hydroxylation sites is 1. The summed E-state index contributed by atoms with van der Waals surface area (Å²) < 4.78 is 0. The summed E-state index contributed by atoms with van der Waals surface area (Å²) >= 11 is 5.75. The molecule has 0 aliphatic rings. The number of aromatic nitrogens is 1. The average Bonchev–Trinajstić information content (AvgIpc) is 2.77. The van der Waals surface area contributed by atoms with Crippen molar-refractivity contribution in [3.05, 3.63) is 52.8 Å². The highest BCUT2D eigenvalue weighted by molar-refractivity contribution is 6.31. The molecule has 0 unspecified atom stereocenters. The van der Waals surface area contributed by atoms with Crippen LogP contribution in [0.15, 0.2) is 36.5 Å². The van der Waals surface area contributed by atoms with Crippen molar-refractivity contribution in [3.8, 4) is 0 Å². The van der Waals surface area contributed by atoms with Gasteiger partial charge in [0.2, 0.25) is 0 Å². The zero-order valence-electron chi connectivity index (χ0n) is 9.46. The number of amides is 1. The van der Waals surface area contributed by atoms with Gasteiger partial charge in [-0.05, 0) is 24.1 Å². The van der Waals surface area contributed by atoms with E-state index in [0.29, 0.717) is 10.7 Å². The van der Waals surface area contributed by atoms with Crippen LogP contribution in [-0.2, 0) is 6.42 Å². The Hall–Kier alpha value is -1.74. The van der Waals surface area contributed by atoms with Gasteiger partial charge in [0.1, 0.15) is 5.69 Å². The number of aromatic amines is 1. The number of aryl methyl sites for hydroxylation is 1. The van der Waals surface area contributed by atoms with E-state index in [9.17, 15) is 4.79 Å². The number of hydrogen-bond donors (Lipinski definition) is 2. The van der Waals surface area contributed by atoms with E-state index in [1.54, 1.807) is 12.3 Å². The fourth-order valence-electron chi connectivity index (χ4n) is 1.64. The van der Waals surface area contributed by atoms with Crippen molar-refractivity contribution in [1.29, 1.82) is 0 Å². The molecule has 0 fully saturated rings. The molecule has 2 rings (SSSR count). The van der Waals surface area contributed by atoms with Gasteiger partial charge in [0.05, 0.1) is 5.02 Å². The lowest BCUT2D eigenvalue weighted by Crippen LogP contribution is -2.13. The number of carbonyl (C=O) groups excluding carboxylic acids is 1. The molecule has 4 heteroatoms. The molecular weight excluding hydrogens is 236 g/mol. The lowest BCUT2D eigenvalue weighted by molar-refractivity contribution is 0.102. The van der Waals surface area contributed by atoms with Gasteiger partial charge in [-0.2, -0.15) is 0 Å². The van der Waals surface area contributed by atoms with E-state index in [0.717, 1.165) is 17.7 Å². The minimum Gasteiger partial charge on any atom is -0.356 e. The molecular formula is C13H13ClN2O. The third-order valence-electron chi connectivity index (χ3n) is 2.54. The van der Waals surface area contributed by atoms with Crippen LogP contribution < -0.4 is 5.32 Å². The zero-order chi connectivity index (χ0) is 12.3. The first-order chi connectivity index (χ1) is 8.20. The van der Waals surface area contributed by atoms with E-state index in [2.05, 4.69) is 17.2 Å². The second-order valence-electron chi connectivity index (χ2n) is 3.70. The molecule has 1 amide bonds. The highest BCUT2D eigenvalue weighted by Gasteiger charge is 2.09. The fraction of sp³-hybridized carbons (Fsp3) is 0.154. The number of H-pyrrole nitrogens is 1. The van der Waals surface area contributed by atoms with Crippen molar-refractivity contribution >= 4 is 23.2 Å². The van der Waals surface area contributed by atoms with E-state index >= 15 is 0 Å². The van der Waals surface area contributed by atoms with Crippen molar-refractivity contribution in [2.24, 2.45) is 0 Å². The summed E-state index contributed by atoms with van der Waals surface area (Å²) in [6.45, 7) is 2.05. The number of hydrogen-bond acceptors (Lipinski definition) is 1. The molecule has 0 saturated heterocycles. The van der Waals surface area contributed by atoms with Gasteiger partial charge >= 0.3 is 0 Å². The second-order valence-corrected chi connectivity index (χ2v) is 4.13. The predicted octanol–water partition coefficient (Wildman–Crippen LogP) is 3.48. The summed E-state index contributed by atoms with van der Waals surface area (Å²) in [6.07, 6.45) is 2.46. The van der Waals surface area contributed by atoms with Crippen LogP contribution in [-0.4, -0.2) is 10.9 Å². The van der Waals surface area contributed by atoms with Crippen molar-refractivity contribution in [3.63, 3.8) is 0 Å². The molecule has 1 heterocycles. The first-order valence-electron chi connectivity index (χ1n) is 5.44. The molecule has 0 bridgehead atoms. The Morgan fingerprint density at radius 2 is 2.18 bits per heavy atom. The Morgan fingerprint density at radius 3 is 2.82 bits per heavy atom. The summed E-state index contributed by atoms with van der Waals surface area (Å²) in [5, 5.41) is 3.39. The van der Waals surface area contributed by atoms with Crippen LogP contribution in [0.4, 0.5) is 5.69 Å². The van der Waals surface area contributed by atoms with Crippen molar-refractivity contribution in [2.45, 2.75) is 13.3 Å². The molecule has 0 spiro atoms. The van der Waals surface area contributed by atoms with Gasteiger partial charge in [-0.3, -0.25) is 4.79 Å². The molecule has 2 aromatic rings. The Labute approximate surface area is 105 Å². The van der Waals surface area contributed by atoms with Crippen LogP contribution in [0.5, 0.6) is 0 Å². The van der Waals surface area contributed by atoms with Gasteiger partial charge in [0, 0.05) is 11.9 Å². The fourth-order valence-corrected chi connectivity index (χ4v) is 1.80. The van der Waals surface area contributed by atoms with Gasteiger partial charge in [0.15, 0.2) is 0 Å². The summed E-state index contributed by atoms with van der Waals surface area (Å²) in [4.78, 5) is 14.7. The largest absolute Gasteiger partial charge is 0.356 e. The highest BCUT2D eigenvalue weighted by Crippen LogP contribution is 2.17. The Balaban J connectivity index is 2.18. The maximum atomic E-state index is 11.9. The van der Waals surface area contributed by atoms with Crippen molar-refractivity contribution in [1.82, 2.24) is 4.98 Å². The molecule has 0 saturated carbocycles. The van der Waals surface area contributed by atoms with Crippen molar-refractivity contribution < 1.29 is 4.79 Å². The molecule has 0 atom stereocenters. The van der Waals surface area contributed by atoms with Gasteiger partial charge in [-0.1, -0.05) is 36.7 Å². The minimum atomic E-state index is -0.183. The van der Waals surface area contributed by atoms with Crippen molar-refractivity contribution in [2.75, 3.05) is 5.32 Å². The number of carbonyl (C=O) groups is 1. The van der Waals surface area contributed by atoms with E-state index in [4.69, 9.17) is 11.6 Å². The molecule has 2 N–H and O–H groups in total. The third-order valence-corrected chi connectivity index (χ3v) is 2.76. The van der Waals surface area contributed by atoms with Crippen LogP contribution in [0.3, 0.4) is 0 Å². The average molecular weight is 249 g/mol. The molecule has 88 valence electrons. The Kier molecular flexibility index (Phi) is 3.49. The van der Waals surface area contributed by atoms with Gasteiger partial charge in [-0.25, -0.2) is 0 Å². The number of halogens is 1. The van der Waals surface area contributed by atoms with E-state index in [1.165, 1.54) is 0 Å². The first-order valence-corrected chi connectivity index (χ1v) is 5.81. The van der Waals surface area contributed by atoms with Crippen LogP contribution in [0.1, 0.15) is 23.0 Å². The second kappa shape index (κ2) is 5.06. The molecule has 1 aromatic carbocycles. The third kappa shape index (κ3) is 2.68. The summed E-state index contributed by atoms with van der Waals surface area (Å²) in [7, 11) is 0. The van der Waals surface area contributed by atoms with Crippen LogP contribution in [0.25, 0.3) is 0 Å². The molecule has 17 heavy (non-hydrogen) atoms. The van der Waals surface area contributed by atoms with Crippen LogP contribution in [0, 0.1) is 0 Å². The minimum absolute atomic E-state index is 0.183. The molecule has 0 radical (unpaired) electrons. The van der Waals surface area contributed by atoms with E-state index in [1.807, 2.05) is 24.3 Å². The number of nitrogens with one attached hydrogen (secondary N) is 2. The summed E-state index contributed by atoms with van der Waals surface area (Å²) in [5.41, 5.74) is 2.41. The number of rotatable bonds is 3. The first kappa shape index (κ1) is 11.7. The Morgan fingerprint density at radius 1 is 1.41 bits per heavy atom. The van der Waals surface area contributed by atoms with Crippen LogP contribution in [0.2, 0.25) is 5.02 Å². The lowest BCUT2D eigenvalue weighted by atomic mass is 10.1. The lowest BCUT2D eigenvalue weighted by Gasteiger charge is -2.08. The van der Waals surface area contributed by atoms with Gasteiger partial charge < -0.3 is 10.3 Å². The highest BCUT2D eigenvalue weighted by atomic mass is 35.5. The van der Waals surface area contributed by atoms with Gasteiger partial charge in [-0.15, -0.1) is 0 Å². The number of benzene rings is 1. The SMILES string of the molecule is CCc1ccccc1NC(=O)c1cc(Cl)c[nH]1. The Bertz CT molecular complexity index is 534. The summed E-state index contributed by atoms with van der Waals surface area (Å²) in [6, 6.07) is 9.35. The smallest absolute Gasteiger partial charge is 0.272 e. The maximum absolute atomic E-state index is 11.9. The quantitative estimate of drug-likeness (QED) is 0.858. The number of anilines is 1. The summed E-state index contributed by atoms with van der Waals surface area (Å²) in [5.74, 6) is -0.183. The normalized spacial score (nSPS) is 10.2. The topological polar surface area (TPSA) is 44.9 Å². The molecule has 3 nitrogen and oxygen atoms in total. The predicted molar refractivity (Wildman–Crippen MR) is 69.6 cm³/mol.